The number of rotatable bonds is 11. The van der Waals surface area contributed by atoms with Gasteiger partial charge in [-0.15, -0.1) is 0 Å². The van der Waals surface area contributed by atoms with E-state index in [1.54, 1.807) is 39.2 Å². The zero-order valence-corrected chi connectivity index (χ0v) is 24.5. The first-order valence-corrected chi connectivity index (χ1v) is 13.6. The van der Waals surface area contributed by atoms with Crippen LogP contribution in [0.4, 0.5) is 8.78 Å². The minimum Gasteiger partial charge on any atom is -0.491 e. The summed E-state index contributed by atoms with van der Waals surface area (Å²) in [6.07, 6.45) is 2.61. The summed E-state index contributed by atoms with van der Waals surface area (Å²) in [5.74, 6) is -0.946. The van der Waals surface area contributed by atoms with Gasteiger partial charge < -0.3 is 23.9 Å². The van der Waals surface area contributed by atoms with E-state index in [1.807, 2.05) is 0 Å². The molecule has 0 amide bonds. The Kier molecular flexibility index (Phi) is 8.96. The Labute approximate surface area is 251 Å². The van der Waals surface area contributed by atoms with Crippen molar-refractivity contribution in [3.63, 3.8) is 0 Å². The van der Waals surface area contributed by atoms with Crippen LogP contribution in [0.2, 0.25) is 0 Å². The molecule has 0 spiro atoms. The van der Waals surface area contributed by atoms with Crippen molar-refractivity contribution in [2.75, 3.05) is 27.4 Å². The predicted molar refractivity (Wildman–Crippen MR) is 160 cm³/mol. The van der Waals surface area contributed by atoms with Crippen molar-refractivity contribution < 1.29 is 32.5 Å². The maximum absolute atomic E-state index is 15.3. The molecule has 5 aromatic rings. The van der Waals surface area contributed by atoms with Crippen molar-refractivity contribution in [3.05, 3.63) is 105 Å². The number of ketones is 1. The number of Topliss-reactive ketones (excluding diaryl/α,β-unsaturated/α-hetero) is 1. The van der Waals surface area contributed by atoms with E-state index in [9.17, 15) is 14.0 Å². The van der Waals surface area contributed by atoms with Gasteiger partial charge in [-0.05, 0) is 54.8 Å². The smallest absolute Gasteiger partial charge is 0.257 e. The molecule has 0 aliphatic rings. The van der Waals surface area contributed by atoms with Gasteiger partial charge in [0.25, 0.3) is 5.88 Å². The fourth-order valence-electron chi connectivity index (χ4n) is 4.76. The number of aromatic nitrogens is 3. The molecular formula is C33H29F2N3O6. The number of aromatic amines is 1. The van der Waals surface area contributed by atoms with E-state index in [2.05, 4.69) is 15.0 Å². The highest BCUT2D eigenvalue weighted by Crippen LogP contribution is 2.35. The van der Waals surface area contributed by atoms with Gasteiger partial charge in [-0.25, -0.2) is 13.8 Å². The molecule has 226 valence electrons. The average Bonchev–Trinajstić information content (AvgIpc) is 2.99. The van der Waals surface area contributed by atoms with Crippen molar-refractivity contribution in [1.29, 1.82) is 0 Å². The minimum absolute atomic E-state index is 0.0802. The molecule has 0 atom stereocenters. The van der Waals surface area contributed by atoms with E-state index < -0.39 is 22.8 Å². The lowest BCUT2D eigenvalue weighted by atomic mass is 9.95. The average molecular weight is 602 g/mol. The standard InChI is InChI=1S/C33H29F2N3O6/c1-18-13-21(34)6-7-22(18)30-19(2)37-17-23(32(30)40)26(39)15-20-5-8-27(24(35)14-20)44-28-9-10-36-25-16-29(42-4)33(38-31(25)28)43-12-11-41-3/h5-10,13-14,16-17H,11-12,15H2,1-4H3,(H,37,40). The fourth-order valence-corrected chi connectivity index (χ4v) is 4.76. The third-order valence-corrected chi connectivity index (χ3v) is 6.97. The zero-order chi connectivity index (χ0) is 31.4. The molecule has 0 fully saturated rings. The molecule has 11 heteroatoms. The summed E-state index contributed by atoms with van der Waals surface area (Å²) in [5, 5.41) is 0. The maximum atomic E-state index is 15.3. The molecule has 0 unspecified atom stereocenters. The summed E-state index contributed by atoms with van der Waals surface area (Å²) >= 11 is 0. The summed E-state index contributed by atoms with van der Waals surface area (Å²) in [6.45, 7) is 3.97. The van der Waals surface area contributed by atoms with Gasteiger partial charge in [0, 0.05) is 49.3 Å². The molecule has 9 nitrogen and oxygen atoms in total. The Morgan fingerprint density at radius 2 is 1.77 bits per heavy atom. The largest absolute Gasteiger partial charge is 0.491 e. The Balaban J connectivity index is 1.39. The van der Waals surface area contributed by atoms with Gasteiger partial charge in [0.1, 0.15) is 17.9 Å². The molecule has 44 heavy (non-hydrogen) atoms. The van der Waals surface area contributed by atoms with Crippen LogP contribution in [0.25, 0.3) is 22.2 Å². The normalized spacial score (nSPS) is 11.0. The monoisotopic (exact) mass is 601 g/mol. The number of halogens is 2. The summed E-state index contributed by atoms with van der Waals surface area (Å²) in [5.41, 5.74) is 2.46. The van der Waals surface area contributed by atoms with Gasteiger partial charge in [-0.1, -0.05) is 12.1 Å². The van der Waals surface area contributed by atoms with Crippen LogP contribution in [0.1, 0.15) is 27.2 Å². The third kappa shape index (κ3) is 6.28. The second-order valence-electron chi connectivity index (χ2n) is 9.97. The number of pyridine rings is 3. The summed E-state index contributed by atoms with van der Waals surface area (Å²) in [4.78, 5) is 38.3. The highest BCUT2D eigenvalue weighted by atomic mass is 19.1. The number of nitrogens with zero attached hydrogens (tertiary/aromatic N) is 2. The van der Waals surface area contributed by atoms with Crippen LogP contribution in [0.15, 0.2) is 65.7 Å². The number of ether oxygens (including phenoxy) is 4. The first-order chi connectivity index (χ1) is 21.2. The van der Waals surface area contributed by atoms with Crippen molar-refractivity contribution >= 4 is 16.8 Å². The van der Waals surface area contributed by atoms with Crippen LogP contribution in [0.5, 0.6) is 23.1 Å². The Morgan fingerprint density at radius 1 is 0.955 bits per heavy atom. The van der Waals surface area contributed by atoms with E-state index >= 15 is 4.39 Å². The Bertz CT molecular complexity index is 1920. The lowest BCUT2D eigenvalue weighted by Crippen LogP contribution is -2.20. The van der Waals surface area contributed by atoms with Crippen molar-refractivity contribution in [2.24, 2.45) is 0 Å². The van der Waals surface area contributed by atoms with Crippen LogP contribution in [-0.4, -0.2) is 48.2 Å². The number of H-pyrrole nitrogens is 1. The molecule has 0 radical (unpaired) electrons. The zero-order valence-electron chi connectivity index (χ0n) is 24.5. The molecule has 1 N–H and O–H groups in total. The SMILES string of the molecule is COCCOc1nc2c(Oc3ccc(CC(=O)c4c[nH]c(C)c(-c5ccc(F)cc5C)c4=O)cc3F)ccnc2cc1OC. The number of hydrogen-bond acceptors (Lipinski definition) is 8. The van der Waals surface area contributed by atoms with Gasteiger partial charge >= 0.3 is 0 Å². The lowest BCUT2D eigenvalue weighted by molar-refractivity contribution is 0.0991. The van der Waals surface area contributed by atoms with Gasteiger partial charge in [0.15, 0.2) is 34.3 Å². The van der Waals surface area contributed by atoms with Gasteiger partial charge in [-0.2, -0.15) is 0 Å². The molecule has 0 saturated carbocycles. The summed E-state index contributed by atoms with van der Waals surface area (Å²) in [7, 11) is 3.03. The van der Waals surface area contributed by atoms with E-state index in [0.29, 0.717) is 45.8 Å². The molecular weight excluding hydrogens is 572 g/mol. The predicted octanol–water partition coefficient (Wildman–Crippen LogP) is 6.13. The number of hydrogen-bond donors (Lipinski definition) is 1. The van der Waals surface area contributed by atoms with Crippen LogP contribution in [0, 0.1) is 25.5 Å². The van der Waals surface area contributed by atoms with Gasteiger partial charge in [0.2, 0.25) is 0 Å². The third-order valence-electron chi connectivity index (χ3n) is 6.97. The summed E-state index contributed by atoms with van der Waals surface area (Å²) in [6, 6.07) is 11.4. The number of carbonyl (C=O) groups is 1. The van der Waals surface area contributed by atoms with Crippen LogP contribution >= 0.6 is 0 Å². The van der Waals surface area contributed by atoms with E-state index in [0.717, 1.165) is 0 Å². The topological polar surface area (TPSA) is 113 Å². The van der Waals surface area contributed by atoms with Crippen LogP contribution < -0.4 is 19.6 Å². The quantitative estimate of drug-likeness (QED) is 0.142. The van der Waals surface area contributed by atoms with E-state index in [4.69, 9.17) is 18.9 Å². The second-order valence-corrected chi connectivity index (χ2v) is 9.97. The van der Waals surface area contributed by atoms with E-state index in [-0.39, 0.29) is 41.5 Å². The molecule has 0 aliphatic carbocycles. The highest BCUT2D eigenvalue weighted by Gasteiger charge is 2.20. The molecule has 3 heterocycles. The fraction of sp³-hybridized carbons (Fsp3) is 0.212. The first kappa shape index (κ1) is 30.3. The number of fused-ring (bicyclic) bond motifs is 1. The Hall–Kier alpha value is -5.16. The lowest BCUT2D eigenvalue weighted by Gasteiger charge is -2.13. The van der Waals surface area contributed by atoms with Gasteiger partial charge in [-0.3, -0.25) is 14.6 Å². The highest BCUT2D eigenvalue weighted by molar-refractivity contribution is 5.98. The first-order valence-electron chi connectivity index (χ1n) is 13.6. The molecule has 3 aromatic heterocycles. The number of nitrogens with one attached hydrogen (secondary N) is 1. The Morgan fingerprint density at radius 3 is 2.50 bits per heavy atom. The van der Waals surface area contributed by atoms with Crippen molar-refractivity contribution in [2.45, 2.75) is 20.3 Å². The number of benzene rings is 2. The van der Waals surface area contributed by atoms with Crippen molar-refractivity contribution in [3.8, 4) is 34.3 Å². The maximum Gasteiger partial charge on any atom is 0.257 e. The minimum atomic E-state index is -0.717. The number of methoxy groups -OCH3 is 2. The molecule has 0 bridgehead atoms. The molecule has 0 saturated heterocycles. The molecule has 0 aliphatic heterocycles. The van der Waals surface area contributed by atoms with Crippen LogP contribution in [-0.2, 0) is 11.2 Å². The number of carbonyl (C=O) groups excluding carboxylic acids is 1. The van der Waals surface area contributed by atoms with Crippen molar-refractivity contribution in [1.82, 2.24) is 15.0 Å². The molecule has 5 rings (SSSR count). The summed E-state index contributed by atoms with van der Waals surface area (Å²) < 4.78 is 50.8. The second kappa shape index (κ2) is 13.0. The van der Waals surface area contributed by atoms with E-state index in [1.165, 1.54) is 49.8 Å². The number of aryl methyl sites for hydroxylation is 2. The molecule has 2 aromatic carbocycles. The van der Waals surface area contributed by atoms with Crippen LogP contribution in [0.3, 0.4) is 0 Å². The van der Waals surface area contributed by atoms with Gasteiger partial charge in [0.05, 0.1) is 24.8 Å².